The van der Waals surface area contributed by atoms with Crippen LogP contribution in [0.15, 0.2) is 33.9 Å². The number of carboxylic acids is 2. The smallest absolute Gasteiger partial charge is 0.414 e. The van der Waals surface area contributed by atoms with Crippen LogP contribution in [0.5, 0.6) is 0 Å². The highest BCUT2D eigenvalue weighted by molar-refractivity contribution is 6.27. The molecule has 1 aromatic carbocycles. The number of carbonyl (C=O) groups is 2. The Kier molecular flexibility index (Phi) is 10.3. The average molecular weight is 535 g/mol. The quantitative estimate of drug-likeness (QED) is 0.362. The highest BCUT2D eigenvalue weighted by atomic mass is 19.1. The number of rotatable bonds is 9. The van der Waals surface area contributed by atoms with Crippen molar-refractivity contribution in [1.82, 2.24) is 19.0 Å². The fourth-order valence-corrected chi connectivity index (χ4v) is 5.22. The maximum Gasteiger partial charge on any atom is 0.414 e. The number of ether oxygens (including phenoxy) is 1. The van der Waals surface area contributed by atoms with Gasteiger partial charge < -0.3 is 14.9 Å². The molecule has 2 atom stereocenters. The van der Waals surface area contributed by atoms with Crippen LogP contribution in [0.2, 0.25) is 0 Å². The molecule has 0 amide bonds. The first-order chi connectivity index (χ1) is 18.1. The minimum absolute atomic E-state index is 0.139. The lowest BCUT2D eigenvalue weighted by Gasteiger charge is -2.39. The first-order valence-corrected chi connectivity index (χ1v) is 12.8. The molecule has 0 radical (unpaired) electrons. The van der Waals surface area contributed by atoms with Crippen LogP contribution in [-0.4, -0.2) is 72.5 Å². The van der Waals surface area contributed by atoms with Gasteiger partial charge in [-0.05, 0) is 63.5 Å². The highest BCUT2D eigenvalue weighted by Crippen LogP contribution is 2.37. The Bertz CT molecular complexity index is 1220. The van der Waals surface area contributed by atoms with Crippen LogP contribution in [0.3, 0.4) is 0 Å². The van der Waals surface area contributed by atoms with Gasteiger partial charge in [-0.2, -0.15) is 4.98 Å². The number of piperidine rings is 1. The molecule has 2 bridgehead atoms. The second-order valence-corrected chi connectivity index (χ2v) is 9.68. The maximum absolute atomic E-state index is 13.7. The second-order valence-electron chi connectivity index (χ2n) is 9.68. The molecule has 12 heteroatoms. The molecule has 2 aromatic rings. The number of hydrogen-bond acceptors (Lipinski definition) is 7. The number of hydrogen-bond donors (Lipinski definition) is 2. The zero-order chi connectivity index (χ0) is 27.8. The maximum atomic E-state index is 13.7. The molecule has 2 aliphatic rings. The van der Waals surface area contributed by atoms with Gasteiger partial charge in [0.1, 0.15) is 11.6 Å². The van der Waals surface area contributed by atoms with Gasteiger partial charge in [0.2, 0.25) is 0 Å². The summed E-state index contributed by atoms with van der Waals surface area (Å²) in [5.41, 5.74) is -0.00673. The number of aromatic nitrogens is 3. The summed E-state index contributed by atoms with van der Waals surface area (Å²) >= 11 is 0. The Balaban J connectivity index is 0.000000599. The summed E-state index contributed by atoms with van der Waals surface area (Å²) in [6, 6.07) is 7.93. The Morgan fingerprint density at radius 3 is 2.29 bits per heavy atom. The van der Waals surface area contributed by atoms with Crippen LogP contribution in [0.1, 0.15) is 49.9 Å². The van der Waals surface area contributed by atoms with Crippen LogP contribution in [-0.2, 0) is 34.3 Å². The third-order valence-corrected chi connectivity index (χ3v) is 7.22. The number of fused-ring (bicyclic) bond motifs is 2. The van der Waals surface area contributed by atoms with E-state index in [0.717, 1.165) is 37.8 Å². The summed E-state index contributed by atoms with van der Waals surface area (Å²) < 4.78 is 22.5. The predicted molar refractivity (Wildman–Crippen MR) is 136 cm³/mol. The number of aryl methyl sites for hydroxylation is 2. The van der Waals surface area contributed by atoms with Crippen LogP contribution < -0.4 is 11.4 Å². The molecule has 2 saturated heterocycles. The van der Waals surface area contributed by atoms with E-state index >= 15 is 0 Å². The van der Waals surface area contributed by atoms with E-state index in [2.05, 4.69) is 9.88 Å². The van der Waals surface area contributed by atoms with Gasteiger partial charge in [-0.1, -0.05) is 18.2 Å². The summed E-state index contributed by atoms with van der Waals surface area (Å²) in [5, 5.41) is 14.8. The molecule has 0 aliphatic carbocycles. The predicted octanol–water partition coefficient (Wildman–Crippen LogP) is 1.58. The van der Waals surface area contributed by atoms with Crippen LogP contribution >= 0.6 is 0 Å². The van der Waals surface area contributed by atoms with E-state index in [-0.39, 0.29) is 17.6 Å². The van der Waals surface area contributed by atoms with Crippen molar-refractivity contribution in [2.75, 3.05) is 13.2 Å². The van der Waals surface area contributed by atoms with E-state index in [1.807, 2.05) is 12.1 Å². The molecule has 208 valence electrons. The van der Waals surface area contributed by atoms with Gasteiger partial charge in [-0.15, -0.1) is 0 Å². The van der Waals surface area contributed by atoms with Crippen molar-refractivity contribution in [3.63, 3.8) is 0 Å². The van der Waals surface area contributed by atoms with E-state index < -0.39 is 17.6 Å². The summed E-state index contributed by atoms with van der Waals surface area (Å²) in [5.74, 6) is -3.35. The SMILES string of the molecule is Cc1nc(=O)n(CCCN2C3CCC2CC(OCCCc2ccccc2F)C3)c(=O)n1C.O=C(O)C(=O)O. The molecule has 3 heterocycles. The lowest BCUT2D eigenvalue weighted by Crippen LogP contribution is -2.47. The Morgan fingerprint density at radius 1 is 1.05 bits per heavy atom. The highest BCUT2D eigenvalue weighted by Gasteiger charge is 2.40. The zero-order valence-electron chi connectivity index (χ0n) is 21.7. The van der Waals surface area contributed by atoms with Crippen molar-refractivity contribution >= 4 is 11.9 Å². The van der Waals surface area contributed by atoms with Gasteiger partial charge in [-0.3, -0.25) is 9.47 Å². The zero-order valence-corrected chi connectivity index (χ0v) is 21.7. The molecule has 2 aliphatic heterocycles. The van der Waals surface area contributed by atoms with Crippen LogP contribution in [0.25, 0.3) is 0 Å². The van der Waals surface area contributed by atoms with Crippen LogP contribution in [0.4, 0.5) is 4.39 Å². The Labute approximate surface area is 219 Å². The molecule has 0 saturated carbocycles. The molecule has 38 heavy (non-hydrogen) atoms. The van der Waals surface area contributed by atoms with E-state index in [1.165, 1.54) is 28.0 Å². The number of aliphatic carboxylic acids is 2. The molecule has 1 aromatic heterocycles. The number of benzene rings is 1. The average Bonchev–Trinajstić information content (AvgIpc) is 3.11. The molecule has 0 spiro atoms. The third kappa shape index (κ3) is 7.57. The second kappa shape index (κ2) is 13.4. The van der Waals surface area contributed by atoms with Gasteiger partial charge in [0, 0.05) is 38.8 Å². The van der Waals surface area contributed by atoms with Gasteiger partial charge in [0.25, 0.3) is 0 Å². The molecule has 4 rings (SSSR count). The first-order valence-electron chi connectivity index (χ1n) is 12.8. The monoisotopic (exact) mass is 534 g/mol. The van der Waals surface area contributed by atoms with Gasteiger partial charge in [-0.25, -0.2) is 28.1 Å². The standard InChI is InChI=1S/C24H33FN4O3.C2H2O4/c1-17-26-23(30)29(24(31)27(17)2)13-6-12-28-19-10-11-20(28)16-21(15-19)32-14-5-8-18-7-3-4-9-22(18)25;3-1(4)2(5)6/h3-4,7,9,19-21H,5-6,8,10-16H2,1-2H3;(H,3,4)(H,5,6). The Hall–Kier alpha value is -3.38. The number of halogens is 1. The van der Waals surface area contributed by atoms with Crippen molar-refractivity contribution in [3.05, 3.63) is 62.4 Å². The summed E-state index contributed by atoms with van der Waals surface area (Å²) in [4.78, 5) is 49.1. The minimum Gasteiger partial charge on any atom is -0.473 e. The van der Waals surface area contributed by atoms with Crippen molar-refractivity contribution in [2.24, 2.45) is 7.05 Å². The van der Waals surface area contributed by atoms with E-state index in [4.69, 9.17) is 24.5 Å². The fraction of sp³-hybridized carbons (Fsp3) is 0.577. The third-order valence-electron chi connectivity index (χ3n) is 7.22. The van der Waals surface area contributed by atoms with Gasteiger partial charge >= 0.3 is 23.3 Å². The van der Waals surface area contributed by atoms with E-state index in [0.29, 0.717) is 37.5 Å². The van der Waals surface area contributed by atoms with E-state index in [1.54, 1.807) is 20.0 Å². The van der Waals surface area contributed by atoms with Gasteiger partial charge in [0.05, 0.1) is 6.10 Å². The molecule has 2 fully saturated rings. The van der Waals surface area contributed by atoms with Crippen LogP contribution in [0, 0.1) is 12.7 Å². The molecule has 2 N–H and O–H groups in total. The van der Waals surface area contributed by atoms with E-state index in [9.17, 15) is 14.0 Å². The largest absolute Gasteiger partial charge is 0.473 e. The van der Waals surface area contributed by atoms with Crippen molar-refractivity contribution in [2.45, 2.75) is 76.6 Å². The molecule has 2 unspecified atom stereocenters. The molecular formula is C26H35FN4O7. The molecule has 11 nitrogen and oxygen atoms in total. The minimum atomic E-state index is -1.82. The summed E-state index contributed by atoms with van der Waals surface area (Å²) in [6.07, 6.45) is 6.92. The normalized spacial score (nSPS) is 20.6. The van der Waals surface area contributed by atoms with Crippen molar-refractivity contribution < 1.29 is 28.9 Å². The number of nitrogens with zero attached hydrogens (tertiary/aromatic N) is 4. The lowest BCUT2D eigenvalue weighted by atomic mass is 9.99. The topological polar surface area (TPSA) is 144 Å². The van der Waals surface area contributed by atoms with Crippen molar-refractivity contribution in [3.8, 4) is 0 Å². The fourth-order valence-electron chi connectivity index (χ4n) is 5.22. The summed E-state index contributed by atoms with van der Waals surface area (Å²) in [7, 11) is 1.64. The Morgan fingerprint density at radius 2 is 1.68 bits per heavy atom. The van der Waals surface area contributed by atoms with Crippen molar-refractivity contribution in [1.29, 1.82) is 0 Å². The van der Waals surface area contributed by atoms with Gasteiger partial charge in [0.15, 0.2) is 0 Å². The summed E-state index contributed by atoms with van der Waals surface area (Å²) in [6.45, 7) is 3.59. The lowest BCUT2D eigenvalue weighted by molar-refractivity contribution is -0.159. The first kappa shape index (κ1) is 29.2. The number of carboxylic acid groups (broad SMARTS) is 2. The molecular weight excluding hydrogens is 499 g/mol.